The number of aryl methyl sites for hydroxylation is 1. The normalized spacial score (nSPS) is 10.2. The van der Waals surface area contributed by atoms with Crippen LogP contribution >= 0.6 is 22.7 Å². The molecule has 0 aromatic carbocycles. The van der Waals surface area contributed by atoms with Gasteiger partial charge in [0, 0.05) is 14.6 Å². The second kappa shape index (κ2) is 5.29. The summed E-state index contributed by atoms with van der Waals surface area (Å²) < 4.78 is 0. The second-order valence-corrected chi connectivity index (χ2v) is 5.90. The number of rotatable bonds is 4. The van der Waals surface area contributed by atoms with Crippen molar-refractivity contribution in [1.29, 1.82) is 5.26 Å². The minimum atomic E-state index is 0.790. The van der Waals surface area contributed by atoms with Crippen LogP contribution in [0.15, 0.2) is 24.3 Å². The van der Waals surface area contributed by atoms with E-state index in [9.17, 15) is 0 Å². The summed E-state index contributed by atoms with van der Waals surface area (Å²) in [4.78, 5) is 4.74. The lowest BCUT2D eigenvalue weighted by Crippen LogP contribution is -1.76. The van der Waals surface area contributed by atoms with Crippen molar-refractivity contribution in [2.45, 2.75) is 26.2 Å². The summed E-state index contributed by atoms with van der Waals surface area (Å²) in [6.07, 6.45) is 3.68. The monoisotopic (exact) mass is 247 g/mol. The Labute approximate surface area is 104 Å². The maximum atomic E-state index is 8.78. The molecule has 0 aliphatic heterocycles. The Morgan fingerprint density at radius 1 is 1.12 bits per heavy atom. The first kappa shape index (κ1) is 11.4. The average molecular weight is 247 g/mol. The number of thiophene rings is 2. The van der Waals surface area contributed by atoms with Crippen LogP contribution in [-0.2, 0) is 6.42 Å². The zero-order chi connectivity index (χ0) is 11.4. The molecule has 0 saturated carbocycles. The van der Waals surface area contributed by atoms with Crippen LogP contribution in [0.5, 0.6) is 0 Å². The predicted octanol–water partition coefficient (Wildman–Crippen LogP) is 4.69. The molecule has 2 aromatic rings. The molecule has 0 N–H and O–H groups in total. The van der Waals surface area contributed by atoms with E-state index in [-0.39, 0.29) is 0 Å². The fourth-order valence-corrected chi connectivity index (χ4v) is 3.47. The smallest absolute Gasteiger partial charge is 0.110 e. The summed E-state index contributed by atoms with van der Waals surface area (Å²) in [5.74, 6) is 0. The van der Waals surface area contributed by atoms with Crippen LogP contribution in [0.25, 0.3) is 9.75 Å². The highest BCUT2D eigenvalue weighted by Crippen LogP contribution is 2.33. The summed E-state index contributed by atoms with van der Waals surface area (Å²) in [6.45, 7) is 2.22. The fourth-order valence-electron chi connectivity index (χ4n) is 1.53. The van der Waals surface area contributed by atoms with Gasteiger partial charge in [-0.1, -0.05) is 13.3 Å². The number of hydrogen-bond donors (Lipinski definition) is 0. The van der Waals surface area contributed by atoms with Crippen LogP contribution in [0.1, 0.15) is 29.5 Å². The summed E-state index contributed by atoms with van der Waals surface area (Å²) in [7, 11) is 0. The van der Waals surface area contributed by atoms with Crippen LogP contribution in [0, 0.1) is 11.3 Å². The highest BCUT2D eigenvalue weighted by atomic mass is 32.1. The van der Waals surface area contributed by atoms with Crippen molar-refractivity contribution in [1.82, 2.24) is 0 Å². The van der Waals surface area contributed by atoms with Crippen LogP contribution < -0.4 is 0 Å². The third kappa shape index (κ3) is 2.52. The van der Waals surface area contributed by atoms with Gasteiger partial charge in [0.15, 0.2) is 0 Å². The van der Waals surface area contributed by atoms with Gasteiger partial charge < -0.3 is 0 Å². The van der Waals surface area contributed by atoms with Gasteiger partial charge in [0.2, 0.25) is 0 Å². The molecule has 0 aliphatic rings. The SMILES string of the molecule is CCCCc1ccc(-c2ccc(C#N)s2)s1. The van der Waals surface area contributed by atoms with E-state index in [1.165, 1.54) is 33.9 Å². The molecule has 0 radical (unpaired) electrons. The van der Waals surface area contributed by atoms with Gasteiger partial charge in [-0.05, 0) is 37.1 Å². The zero-order valence-corrected chi connectivity index (χ0v) is 10.8. The molecule has 0 amide bonds. The van der Waals surface area contributed by atoms with Crippen LogP contribution in [0.2, 0.25) is 0 Å². The van der Waals surface area contributed by atoms with Crippen LogP contribution in [0.3, 0.4) is 0 Å². The lowest BCUT2D eigenvalue weighted by atomic mass is 10.2. The molecule has 0 aliphatic carbocycles. The van der Waals surface area contributed by atoms with Crippen molar-refractivity contribution in [3.8, 4) is 15.8 Å². The Kier molecular flexibility index (Phi) is 3.76. The molecule has 0 atom stereocenters. The molecule has 16 heavy (non-hydrogen) atoms. The molecule has 0 unspecified atom stereocenters. The Morgan fingerprint density at radius 2 is 1.88 bits per heavy atom. The molecule has 0 bridgehead atoms. The molecular weight excluding hydrogens is 234 g/mol. The fraction of sp³-hybridized carbons (Fsp3) is 0.308. The highest BCUT2D eigenvalue weighted by molar-refractivity contribution is 7.22. The van der Waals surface area contributed by atoms with E-state index in [2.05, 4.69) is 25.1 Å². The average Bonchev–Trinajstić information content (AvgIpc) is 2.94. The predicted molar refractivity (Wildman–Crippen MR) is 71.0 cm³/mol. The minimum absolute atomic E-state index is 0.790. The maximum Gasteiger partial charge on any atom is 0.110 e. The summed E-state index contributed by atoms with van der Waals surface area (Å²) in [5.41, 5.74) is 0. The number of hydrogen-bond acceptors (Lipinski definition) is 3. The largest absolute Gasteiger partial charge is 0.192 e. The molecule has 2 aromatic heterocycles. The Morgan fingerprint density at radius 3 is 2.56 bits per heavy atom. The van der Waals surface area contributed by atoms with Crippen LogP contribution in [0.4, 0.5) is 0 Å². The van der Waals surface area contributed by atoms with E-state index in [0.29, 0.717) is 0 Å². The van der Waals surface area contributed by atoms with Crippen molar-refractivity contribution in [2.75, 3.05) is 0 Å². The molecule has 0 spiro atoms. The van der Waals surface area contributed by atoms with Gasteiger partial charge in [0.25, 0.3) is 0 Å². The van der Waals surface area contributed by atoms with Crippen molar-refractivity contribution >= 4 is 22.7 Å². The minimum Gasteiger partial charge on any atom is -0.192 e. The van der Waals surface area contributed by atoms with Gasteiger partial charge in [-0.15, -0.1) is 22.7 Å². The standard InChI is InChI=1S/C13H13NS2/c1-2-3-4-10-5-7-12(15-10)13-8-6-11(9-14)16-13/h5-8H,2-4H2,1H3. The first-order valence-electron chi connectivity index (χ1n) is 5.42. The molecule has 2 heterocycles. The Hall–Kier alpha value is -1.11. The van der Waals surface area contributed by atoms with E-state index in [1.807, 2.05) is 23.5 Å². The lowest BCUT2D eigenvalue weighted by molar-refractivity contribution is 0.804. The van der Waals surface area contributed by atoms with Gasteiger partial charge >= 0.3 is 0 Å². The summed E-state index contributed by atoms with van der Waals surface area (Å²) >= 11 is 3.42. The van der Waals surface area contributed by atoms with Gasteiger partial charge in [0.1, 0.15) is 10.9 Å². The van der Waals surface area contributed by atoms with E-state index in [1.54, 1.807) is 11.3 Å². The maximum absolute atomic E-state index is 8.78. The van der Waals surface area contributed by atoms with E-state index in [4.69, 9.17) is 5.26 Å². The zero-order valence-electron chi connectivity index (χ0n) is 9.19. The number of unbranched alkanes of at least 4 members (excludes halogenated alkanes) is 1. The first-order chi connectivity index (χ1) is 7.83. The third-order valence-electron chi connectivity index (χ3n) is 2.40. The first-order valence-corrected chi connectivity index (χ1v) is 7.06. The van der Waals surface area contributed by atoms with Gasteiger partial charge in [-0.3, -0.25) is 0 Å². The lowest BCUT2D eigenvalue weighted by Gasteiger charge is -1.92. The van der Waals surface area contributed by atoms with E-state index >= 15 is 0 Å². The highest BCUT2D eigenvalue weighted by Gasteiger charge is 2.05. The van der Waals surface area contributed by atoms with Crippen LogP contribution in [-0.4, -0.2) is 0 Å². The summed E-state index contributed by atoms with van der Waals surface area (Å²) in [6, 6.07) is 10.5. The molecule has 0 saturated heterocycles. The summed E-state index contributed by atoms with van der Waals surface area (Å²) in [5, 5.41) is 8.78. The quantitative estimate of drug-likeness (QED) is 0.768. The van der Waals surface area contributed by atoms with Gasteiger partial charge in [-0.25, -0.2) is 0 Å². The third-order valence-corrected chi connectivity index (χ3v) is 4.73. The molecule has 3 heteroatoms. The van der Waals surface area contributed by atoms with Crippen molar-refractivity contribution in [2.24, 2.45) is 0 Å². The molecule has 1 nitrogen and oxygen atoms in total. The number of nitrogens with zero attached hydrogens (tertiary/aromatic N) is 1. The van der Waals surface area contributed by atoms with Gasteiger partial charge in [-0.2, -0.15) is 5.26 Å². The molecule has 0 fully saturated rings. The van der Waals surface area contributed by atoms with Crippen molar-refractivity contribution in [3.63, 3.8) is 0 Å². The van der Waals surface area contributed by atoms with Gasteiger partial charge in [0.05, 0.1) is 0 Å². The molecular formula is C13H13NS2. The second-order valence-electron chi connectivity index (χ2n) is 3.65. The molecule has 82 valence electrons. The Bertz CT molecular complexity index is 502. The number of nitriles is 1. The van der Waals surface area contributed by atoms with Crippen molar-refractivity contribution in [3.05, 3.63) is 34.0 Å². The van der Waals surface area contributed by atoms with E-state index in [0.717, 1.165) is 4.88 Å². The topological polar surface area (TPSA) is 23.8 Å². The van der Waals surface area contributed by atoms with Crippen molar-refractivity contribution < 1.29 is 0 Å². The van der Waals surface area contributed by atoms with E-state index < -0.39 is 0 Å². The molecule has 2 rings (SSSR count). The Balaban J connectivity index is 2.15.